The minimum Gasteiger partial charge on any atom is -0.314 e. The molecule has 0 radical (unpaired) electrons. The number of nitrogens with one attached hydrogen (secondary N) is 1. The van der Waals surface area contributed by atoms with Crippen LogP contribution in [0.4, 0.5) is 4.39 Å². The van der Waals surface area contributed by atoms with E-state index in [4.69, 9.17) is 0 Å². The highest BCUT2D eigenvalue weighted by Crippen LogP contribution is 2.23. The second kappa shape index (κ2) is 6.38. The predicted octanol–water partition coefficient (Wildman–Crippen LogP) is 2.21. The van der Waals surface area contributed by atoms with Crippen molar-refractivity contribution in [3.8, 4) is 0 Å². The summed E-state index contributed by atoms with van der Waals surface area (Å²) in [6.45, 7) is 7.78. The fourth-order valence-corrected chi connectivity index (χ4v) is 3.08. The lowest BCUT2D eigenvalue weighted by Crippen LogP contribution is -2.45. The van der Waals surface area contributed by atoms with Crippen LogP contribution in [0, 0.1) is 5.82 Å². The van der Waals surface area contributed by atoms with Gasteiger partial charge < -0.3 is 5.32 Å². The van der Waals surface area contributed by atoms with Gasteiger partial charge in [-0.2, -0.15) is 0 Å². The average molecular weight is 254 g/mol. The number of hydrogen-bond acceptors (Lipinski definition) is 3. The average Bonchev–Trinajstić information content (AvgIpc) is 2.33. The Bertz CT molecular complexity index is 336. The van der Waals surface area contributed by atoms with Gasteiger partial charge in [0.15, 0.2) is 0 Å². The second-order valence-electron chi connectivity index (χ2n) is 4.43. The van der Waals surface area contributed by atoms with Crippen LogP contribution in [0.25, 0.3) is 0 Å². The first-order valence-corrected chi connectivity index (χ1v) is 6.97. The molecule has 94 valence electrons. The molecule has 1 unspecified atom stereocenters. The fraction of sp³-hybridized carbons (Fsp3) is 0.538. The maximum atomic E-state index is 12.8. The van der Waals surface area contributed by atoms with Crippen LogP contribution in [0.5, 0.6) is 0 Å². The molecule has 2 nitrogen and oxygen atoms in total. The molecule has 17 heavy (non-hydrogen) atoms. The molecule has 0 spiro atoms. The molecule has 1 aliphatic rings. The van der Waals surface area contributed by atoms with Gasteiger partial charge >= 0.3 is 0 Å². The molecule has 1 aromatic carbocycles. The van der Waals surface area contributed by atoms with E-state index in [1.807, 2.05) is 23.9 Å². The number of hydrogen-bond donors (Lipinski definition) is 1. The van der Waals surface area contributed by atoms with Gasteiger partial charge in [-0.05, 0) is 24.3 Å². The Morgan fingerprint density at radius 1 is 1.29 bits per heavy atom. The maximum absolute atomic E-state index is 12.8. The third-order valence-corrected chi connectivity index (χ3v) is 3.97. The highest BCUT2D eigenvalue weighted by atomic mass is 32.2. The molecule has 4 heteroatoms. The van der Waals surface area contributed by atoms with E-state index >= 15 is 0 Å². The summed E-state index contributed by atoms with van der Waals surface area (Å²) in [6.07, 6.45) is 0. The summed E-state index contributed by atoms with van der Waals surface area (Å²) >= 11 is 1.82. The zero-order valence-corrected chi connectivity index (χ0v) is 11.0. The lowest BCUT2D eigenvalue weighted by atomic mass is 10.3. The van der Waals surface area contributed by atoms with E-state index in [-0.39, 0.29) is 5.82 Å². The van der Waals surface area contributed by atoms with Gasteiger partial charge in [0.05, 0.1) is 0 Å². The third-order valence-electron chi connectivity index (χ3n) is 2.88. The van der Waals surface area contributed by atoms with Crippen molar-refractivity contribution in [3.63, 3.8) is 0 Å². The van der Waals surface area contributed by atoms with Crippen LogP contribution in [-0.2, 0) is 0 Å². The molecule has 1 heterocycles. The van der Waals surface area contributed by atoms with Crippen LogP contribution in [0.15, 0.2) is 29.2 Å². The minimum atomic E-state index is -0.163. The van der Waals surface area contributed by atoms with Gasteiger partial charge in [0.25, 0.3) is 0 Å². The first-order chi connectivity index (χ1) is 8.24. The summed E-state index contributed by atoms with van der Waals surface area (Å²) < 4.78 is 12.8. The van der Waals surface area contributed by atoms with Crippen LogP contribution in [0.2, 0.25) is 0 Å². The number of nitrogens with zero attached hydrogens (tertiary/aromatic N) is 1. The predicted molar refractivity (Wildman–Crippen MR) is 71.0 cm³/mol. The summed E-state index contributed by atoms with van der Waals surface area (Å²) in [4.78, 5) is 3.63. The first-order valence-electron chi connectivity index (χ1n) is 6.09. The molecule has 2 rings (SSSR count). The molecule has 0 saturated carbocycles. The summed E-state index contributed by atoms with van der Waals surface area (Å²) in [5, 5.41) is 3.89. The van der Waals surface area contributed by atoms with E-state index in [2.05, 4.69) is 17.1 Å². The molecule has 1 aromatic rings. The van der Waals surface area contributed by atoms with E-state index in [0.29, 0.717) is 5.25 Å². The molecule has 0 amide bonds. The Morgan fingerprint density at radius 2 is 1.94 bits per heavy atom. The molecular weight excluding hydrogens is 235 g/mol. The van der Waals surface area contributed by atoms with Gasteiger partial charge in [-0.25, -0.2) is 4.39 Å². The molecular formula is C13H19FN2S. The van der Waals surface area contributed by atoms with E-state index in [1.54, 1.807) is 0 Å². The van der Waals surface area contributed by atoms with Crippen LogP contribution < -0.4 is 5.32 Å². The summed E-state index contributed by atoms with van der Waals surface area (Å²) in [7, 11) is 0. The van der Waals surface area contributed by atoms with Gasteiger partial charge in [-0.3, -0.25) is 4.90 Å². The fourth-order valence-electron chi connectivity index (χ4n) is 2.04. The Morgan fingerprint density at radius 3 is 2.59 bits per heavy atom. The van der Waals surface area contributed by atoms with Crippen molar-refractivity contribution < 1.29 is 4.39 Å². The largest absolute Gasteiger partial charge is 0.314 e. The van der Waals surface area contributed by atoms with Crippen molar-refractivity contribution in [2.45, 2.75) is 17.1 Å². The third kappa shape index (κ3) is 4.30. The SMILES string of the molecule is CC(CN1CCNCC1)Sc1ccc(F)cc1. The van der Waals surface area contributed by atoms with E-state index in [1.165, 1.54) is 12.1 Å². The summed E-state index contributed by atoms with van der Waals surface area (Å²) in [5.41, 5.74) is 0. The van der Waals surface area contributed by atoms with Crippen molar-refractivity contribution >= 4 is 11.8 Å². The molecule has 1 fully saturated rings. The van der Waals surface area contributed by atoms with E-state index in [0.717, 1.165) is 37.6 Å². The topological polar surface area (TPSA) is 15.3 Å². The highest BCUT2D eigenvalue weighted by Gasteiger charge is 2.13. The van der Waals surface area contributed by atoms with Gasteiger partial charge in [-0.1, -0.05) is 6.92 Å². The maximum Gasteiger partial charge on any atom is 0.123 e. The molecule has 0 aromatic heterocycles. The quantitative estimate of drug-likeness (QED) is 0.829. The van der Waals surface area contributed by atoms with Crippen molar-refractivity contribution in [1.82, 2.24) is 10.2 Å². The lowest BCUT2D eigenvalue weighted by molar-refractivity contribution is 0.244. The molecule has 1 N–H and O–H groups in total. The number of rotatable bonds is 4. The zero-order chi connectivity index (χ0) is 12.1. The van der Waals surface area contributed by atoms with Crippen LogP contribution in [0.3, 0.4) is 0 Å². The van der Waals surface area contributed by atoms with Crippen molar-refractivity contribution in [2.24, 2.45) is 0 Å². The molecule has 1 saturated heterocycles. The summed E-state index contributed by atoms with van der Waals surface area (Å²) in [5.74, 6) is -0.163. The number of halogens is 1. The molecule has 1 atom stereocenters. The Kier molecular flexibility index (Phi) is 4.83. The van der Waals surface area contributed by atoms with Crippen molar-refractivity contribution in [2.75, 3.05) is 32.7 Å². The number of thioether (sulfide) groups is 1. The Balaban J connectivity index is 1.79. The first kappa shape index (κ1) is 12.9. The molecule has 0 aliphatic carbocycles. The Hall–Kier alpha value is -0.580. The normalized spacial score (nSPS) is 19.2. The van der Waals surface area contributed by atoms with Crippen LogP contribution >= 0.6 is 11.8 Å². The van der Waals surface area contributed by atoms with Gasteiger partial charge in [0.2, 0.25) is 0 Å². The monoisotopic (exact) mass is 254 g/mol. The standard InChI is InChI=1S/C13H19FN2S/c1-11(10-16-8-6-15-7-9-16)17-13-4-2-12(14)3-5-13/h2-5,11,15H,6-10H2,1H3. The van der Waals surface area contributed by atoms with Crippen LogP contribution in [0.1, 0.15) is 6.92 Å². The molecule has 1 aliphatic heterocycles. The number of benzene rings is 1. The lowest BCUT2D eigenvalue weighted by Gasteiger charge is -2.29. The van der Waals surface area contributed by atoms with Gasteiger partial charge in [0, 0.05) is 42.9 Å². The van der Waals surface area contributed by atoms with E-state index in [9.17, 15) is 4.39 Å². The molecule has 0 bridgehead atoms. The van der Waals surface area contributed by atoms with Crippen LogP contribution in [-0.4, -0.2) is 42.9 Å². The van der Waals surface area contributed by atoms with Crippen molar-refractivity contribution in [3.05, 3.63) is 30.1 Å². The smallest absolute Gasteiger partial charge is 0.123 e. The van der Waals surface area contributed by atoms with Gasteiger partial charge in [0.1, 0.15) is 5.82 Å². The highest BCUT2D eigenvalue weighted by molar-refractivity contribution is 8.00. The van der Waals surface area contributed by atoms with Gasteiger partial charge in [-0.15, -0.1) is 11.8 Å². The minimum absolute atomic E-state index is 0.163. The van der Waals surface area contributed by atoms with E-state index < -0.39 is 0 Å². The summed E-state index contributed by atoms with van der Waals surface area (Å²) in [6, 6.07) is 6.77. The van der Waals surface area contributed by atoms with Crippen molar-refractivity contribution in [1.29, 1.82) is 0 Å². The number of piperazine rings is 1. The Labute approximate surface area is 107 Å². The zero-order valence-electron chi connectivity index (χ0n) is 10.2. The second-order valence-corrected chi connectivity index (χ2v) is 5.94.